The van der Waals surface area contributed by atoms with Gasteiger partial charge in [-0.2, -0.15) is 25.8 Å². The van der Waals surface area contributed by atoms with Crippen LogP contribution in [0, 0.1) is 34.0 Å². The Kier molecular flexibility index (Phi) is 7.83. The van der Waals surface area contributed by atoms with Crippen LogP contribution < -0.4 is 0 Å². The largest absolute Gasteiger partial charge is 0.309 e. The van der Waals surface area contributed by atoms with E-state index >= 15 is 0 Å². The van der Waals surface area contributed by atoms with Gasteiger partial charge in [0.05, 0.1) is 79.4 Å². The molecule has 12 aromatic rings. The Hall–Kier alpha value is -9.36. The molecule has 0 bridgehead atoms. The van der Waals surface area contributed by atoms with E-state index in [0.717, 1.165) is 87.9 Å². The van der Waals surface area contributed by atoms with Gasteiger partial charge in [-0.3, -0.25) is 4.57 Å². The highest BCUT2D eigenvalue weighted by Crippen LogP contribution is 2.40. The molecule has 0 N–H and O–H groups in total. The second-order valence-electron chi connectivity index (χ2n) is 15.4. The number of nitriles is 3. The van der Waals surface area contributed by atoms with Crippen LogP contribution in [0.3, 0.4) is 0 Å². The van der Waals surface area contributed by atoms with Crippen LogP contribution in [0.2, 0.25) is 0 Å². The quantitative estimate of drug-likeness (QED) is 0.171. The summed E-state index contributed by atoms with van der Waals surface area (Å²) in [4.78, 5) is 16.1. The van der Waals surface area contributed by atoms with E-state index in [-0.39, 0.29) is 0 Å². The first-order valence-corrected chi connectivity index (χ1v) is 20.4. The Labute approximate surface area is 359 Å². The molecule has 0 aliphatic heterocycles. The van der Waals surface area contributed by atoms with Gasteiger partial charge in [-0.15, -0.1) is 0 Å². The van der Waals surface area contributed by atoms with Crippen LogP contribution in [-0.4, -0.2) is 28.7 Å². The maximum atomic E-state index is 9.92. The first kappa shape index (κ1) is 35.6. The van der Waals surface area contributed by atoms with Gasteiger partial charge in [-0.1, -0.05) is 78.9 Å². The second kappa shape index (κ2) is 13.9. The summed E-state index contributed by atoms with van der Waals surface area (Å²) >= 11 is 0. The minimum absolute atomic E-state index is 0.414. The molecule has 0 saturated carbocycles. The predicted molar refractivity (Wildman–Crippen MR) is 248 cm³/mol. The number of nitrogens with zero attached hydrogens (tertiary/aromatic N) is 9. The van der Waals surface area contributed by atoms with Gasteiger partial charge >= 0.3 is 0 Å². The van der Waals surface area contributed by atoms with E-state index in [0.29, 0.717) is 34.3 Å². The SMILES string of the molecule is N#Cc1ccc2c(c1)c1ccccc1n2-c1nc(-c2ccccc2-n2c3ccccc3c3cc(C#N)ccc32)nc(-c2ccccc2-n2c3ccccc3c3cc(C#N)ccc32)n1. The molecule has 9 nitrogen and oxygen atoms in total. The van der Waals surface area contributed by atoms with Gasteiger partial charge in [0.15, 0.2) is 11.6 Å². The molecule has 0 saturated heterocycles. The second-order valence-corrected chi connectivity index (χ2v) is 15.4. The molecule has 0 amide bonds. The first-order valence-electron chi connectivity index (χ1n) is 20.4. The Morgan fingerprint density at radius 2 is 0.651 bits per heavy atom. The average Bonchev–Trinajstić information content (AvgIpc) is 3.98. The van der Waals surface area contributed by atoms with E-state index in [1.54, 1.807) is 0 Å². The number of hydrogen-bond donors (Lipinski definition) is 0. The average molecular weight is 804 g/mol. The Balaban J connectivity index is 1.18. The van der Waals surface area contributed by atoms with Gasteiger partial charge in [0.1, 0.15) is 0 Å². The monoisotopic (exact) mass is 803 g/mol. The van der Waals surface area contributed by atoms with Crippen molar-refractivity contribution >= 4 is 65.4 Å². The lowest BCUT2D eigenvalue weighted by molar-refractivity contribution is 0.950. The van der Waals surface area contributed by atoms with Gasteiger partial charge in [0.25, 0.3) is 0 Å². The zero-order valence-corrected chi connectivity index (χ0v) is 33.3. The molecular weight excluding hydrogens is 775 g/mol. The van der Waals surface area contributed by atoms with Crippen LogP contribution in [0.25, 0.3) is 106 Å². The third kappa shape index (κ3) is 5.36. The van der Waals surface area contributed by atoms with Crippen molar-refractivity contribution in [3.63, 3.8) is 0 Å². The Morgan fingerprint density at radius 1 is 0.317 bits per heavy atom. The van der Waals surface area contributed by atoms with Crippen molar-refractivity contribution in [2.75, 3.05) is 0 Å². The fourth-order valence-corrected chi connectivity index (χ4v) is 9.28. The van der Waals surface area contributed by atoms with Crippen LogP contribution in [0.15, 0.2) is 176 Å². The highest BCUT2D eigenvalue weighted by atomic mass is 15.2. The molecule has 12 rings (SSSR count). The lowest BCUT2D eigenvalue weighted by atomic mass is 10.1. The van der Waals surface area contributed by atoms with Crippen molar-refractivity contribution in [1.29, 1.82) is 15.8 Å². The summed E-state index contributed by atoms with van der Waals surface area (Å²) in [6, 6.07) is 65.1. The van der Waals surface area contributed by atoms with Crippen LogP contribution in [0.1, 0.15) is 16.7 Å². The van der Waals surface area contributed by atoms with E-state index in [1.807, 2.05) is 133 Å². The van der Waals surface area contributed by atoms with Crippen LogP contribution in [0.4, 0.5) is 0 Å². The Bertz CT molecular complexity index is 3840. The smallest absolute Gasteiger partial charge is 0.238 e. The number of fused-ring (bicyclic) bond motifs is 9. The van der Waals surface area contributed by atoms with Gasteiger partial charge in [0.2, 0.25) is 5.95 Å². The van der Waals surface area contributed by atoms with Gasteiger partial charge in [-0.05, 0) is 97.1 Å². The molecule has 0 radical (unpaired) electrons. The summed E-state index contributed by atoms with van der Waals surface area (Å²) in [7, 11) is 0. The van der Waals surface area contributed by atoms with E-state index in [2.05, 4.69) is 74.4 Å². The van der Waals surface area contributed by atoms with Gasteiger partial charge in [-0.25, -0.2) is 4.98 Å². The summed E-state index contributed by atoms with van der Waals surface area (Å²) in [6.45, 7) is 0. The van der Waals surface area contributed by atoms with E-state index in [9.17, 15) is 15.8 Å². The molecule has 0 spiro atoms. The lowest BCUT2D eigenvalue weighted by Gasteiger charge is -2.17. The summed E-state index contributed by atoms with van der Waals surface area (Å²) in [5.41, 5.74) is 10.6. The van der Waals surface area contributed by atoms with Crippen molar-refractivity contribution in [2.24, 2.45) is 0 Å². The number of hydrogen-bond acceptors (Lipinski definition) is 6. The summed E-state index contributed by atoms with van der Waals surface area (Å²) in [5.74, 6) is 1.33. The van der Waals surface area contributed by atoms with Crippen molar-refractivity contribution in [3.8, 4) is 58.3 Å². The highest BCUT2D eigenvalue weighted by molar-refractivity contribution is 6.12. The number of rotatable bonds is 5. The Morgan fingerprint density at radius 3 is 1.06 bits per heavy atom. The van der Waals surface area contributed by atoms with Crippen LogP contribution >= 0.6 is 0 Å². The molecule has 8 aromatic carbocycles. The van der Waals surface area contributed by atoms with Crippen molar-refractivity contribution < 1.29 is 0 Å². The number of para-hydroxylation sites is 5. The maximum absolute atomic E-state index is 9.92. The zero-order valence-electron chi connectivity index (χ0n) is 33.3. The molecule has 0 aliphatic carbocycles. The molecule has 4 aromatic heterocycles. The predicted octanol–water partition coefficient (Wildman–Crippen LogP) is 12.1. The fourth-order valence-electron chi connectivity index (χ4n) is 9.28. The zero-order chi connectivity index (χ0) is 42.2. The van der Waals surface area contributed by atoms with E-state index < -0.39 is 0 Å². The summed E-state index contributed by atoms with van der Waals surface area (Å²) in [6.07, 6.45) is 0. The van der Waals surface area contributed by atoms with Gasteiger partial charge in [0, 0.05) is 43.4 Å². The minimum Gasteiger partial charge on any atom is -0.309 e. The molecular formula is C54H29N9. The molecule has 0 fully saturated rings. The van der Waals surface area contributed by atoms with Crippen LogP contribution in [-0.2, 0) is 0 Å². The normalized spacial score (nSPS) is 11.4. The maximum Gasteiger partial charge on any atom is 0.238 e. The molecule has 63 heavy (non-hydrogen) atoms. The number of benzene rings is 8. The summed E-state index contributed by atoms with van der Waals surface area (Å²) in [5, 5.41) is 35.5. The summed E-state index contributed by atoms with van der Waals surface area (Å²) < 4.78 is 6.49. The number of aromatic nitrogens is 6. The lowest BCUT2D eigenvalue weighted by Crippen LogP contribution is -2.09. The minimum atomic E-state index is 0.414. The third-order valence-electron chi connectivity index (χ3n) is 12.0. The van der Waals surface area contributed by atoms with Crippen molar-refractivity contribution in [2.45, 2.75) is 0 Å². The fraction of sp³-hybridized carbons (Fsp3) is 0. The van der Waals surface area contributed by atoms with Crippen LogP contribution in [0.5, 0.6) is 0 Å². The van der Waals surface area contributed by atoms with Gasteiger partial charge < -0.3 is 9.13 Å². The first-order chi connectivity index (χ1) is 31.1. The third-order valence-corrected chi connectivity index (χ3v) is 12.0. The molecule has 0 aliphatic rings. The van der Waals surface area contributed by atoms with E-state index in [4.69, 9.17) is 15.0 Å². The molecule has 0 unspecified atom stereocenters. The standard InChI is InChI=1S/C54H29N9/c55-30-33-21-24-49-41(27-33)36-11-1-6-16-44(36)61(49)47-19-9-4-14-39(47)52-58-53(60-54(59-52)63-46-18-8-3-13-38(46)43-29-35(32-57)23-26-51(43)63)40-15-5-10-20-48(40)62-45-17-7-2-12-37(45)42-28-34(31-56)22-25-50(42)62/h1-29H. The molecule has 4 heterocycles. The molecule has 9 heteroatoms. The highest BCUT2D eigenvalue weighted by Gasteiger charge is 2.24. The van der Waals surface area contributed by atoms with Crippen molar-refractivity contribution in [3.05, 3.63) is 193 Å². The van der Waals surface area contributed by atoms with E-state index in [1.165, 1.54) is 0 Å². The topological polar surface area (TPSA) is 125 Å². The molecule has 0 atom stereocenters. The van der Waals surface area contributed by atoms with Crippen molar-refractivity contribution in [1.82, 2.24) is 28.7 Å². The molecule has 290 valence electrons.